The van der Waals surface area contributed by atoms with Gasteiger partial charge in [0.2, 0.25) is 5.95 Å². The number of anilines is 1. The quantitative estimate of drug-likeness (QED) is 0.488. The number of pyridine rings is 1. The molecule has 2 N–H and O–H groups in total. The lowest BCUT2D eigenvalue weighted by atomic mass is 10.1. The lowest BCUT2D eigenvalue weighted by Gasteiger charge is -2.33. The molecule has 1 atom stereocenters. The molecule has 0 amide bonds. The minimum atomic E-state index is 0.280. The number of nitrogens with one attached hydrogen (secondary N) is 2. The molecule has 2 fully saturated rings. The molecule has 6 nitrogen and oxygen atoms in total. The van der Waals surface area contributed by atoms with Crippen molar-refractivity contribution < 1.29 is 4.74 Å². The molecule has 9 heteroatoms. The number of benzene rings is 1. The molecule has 30 heavy (non-hydrogen) atoms. The first kappa shape index (κ1) is 20.2. The summed E-state index contributed by atoms with van der Waals surface area (Å²) in [5.74, 6) is 1.58. The van der Waals surface area contributed by atoms with Crippen molar-refractivity contribution in [3.05, 3.63) is 45.0 Å². The van der Waals surface area contributed by atoms with E-state index >= 15 is 0 Å². The predicted molar refractivity (Wildman–Crippen MR) is 121 cm³/mol. The Labute approximate surface area is 189 Å². The highest BCUT2D eigenvalue weighted by Gasteiger charge is 2.27. The van der Waals surface area contributed by atoms with Crippen LogP contribution in [0.4, 0.5) is 5.95 Å². The second-order valence-electron chi connectivity index (χ2n) is 7.92. The van der Waals surface area contributed by atoms with Crippen LogP contribution in [-0.2, 0) is 6.54 Å². The highest BCUT2D eigenvalue weighted by Crippen LogP contribution is 2.37. The molecular weight excluding hydrogens is 445 g/mol. The van der Waals surface area contributed by atoms with Crippen molar-refractivity contribution in [2.75, 3.05) is 18.0 Å². The molecule has 1 aliphatic carbocycles. The zero-order valence-corrected chi connectivity index (χ0v) is 18.6. The maximum absolute atomic E-state index is 6.41. The number of nitrogens with zero attached hydrogens (tertiary/aromatic N) is 3. The Bertz CT molecular complexity index is 1070. The third-order valence-electron chi connectivity index (χ3n) is 5.50. The average molecular weight is 467 g/mol. The van der Waals surface area contributed by atoms with Crippen molar-refractivity contribution in [1.82, 2.24) is 20.3 Å². The molecule has 0 radical (unpaired) electrons. The van der Waals surface area contributed by atoms with Crippen molar-refractivity contribution in [2.24, 2.45) is 0 Å². The predicted octanol–water partition coefficient (Wildman–Crippen LogP) is 5.22. The molecular formula is C21H22Cl3N5O. The van der Waals surface area contributed by atoms with Crippen LogP contribution in [0.1, 0.15) is 31.2 Å². The number of ether oxygens (including phenoxy) is 1. The lowest BCUT2D eigenvalue weighted by molar-refractivity contribution is 0.298. The molecule has 5 rings (SSSR count). The van der Waals surface area contributed by atoms with E-state index < -0.39 is 0 Å². The Morgan fingerprint density at radius 1 is 1.13 bits per heavy atom. The number of fused-ring (bicyclic) bond motifs is 1. The van der Waals surface area contributed by atoms with E-state index in [2.05, 4.69) is 25.2 Å². The van der Waals surface area contributed by atoms with E-state index in [9.17, 15) is 0 Å². The van der Waals surface area contributed by atoms with Crippen molar-refractivity contribution in [3.8, 4) is 5.75 Å². The number of rotatable bonds is 6. The van der Waals surface area contributed by atoms with Gasteiger partial charge in [0.25, 0.3) is 0 Å². The molecule has 2 aromatic heterocycles. The second kappa shape index (κ2) is 8.42. The largest absolute Gasteiger partial charge is 0.489 e. The summed E-state index contributed by atoms with van der Waals surface area (Å²) in [6.07, 6.45) is 4.61. The van der Waals surface area contributed by atoms with Gasteiger partial charge in [-0.2, -0.15) is 4.98 Å². The Balaban J connectivity index is 1.28. The second-order valence-corrected chi connectivity index (χ2v) is 9.16. The highest BCUT2D eigenvalue weighted by atomic mass is 35.5. The van der Waals surface area contributed by atoms with E-state index in [1.54, 1.807) is 12.1 Å². The smallest absolute Gasteiger partial charge is 0.205 e. The molecule has 1 aromatic carbocycles. The van der Waals surface area contributed by atoms with Gasteiger partial charge in [-0.15, -0.1) is 0 Å². The van der Waals surface area contributed by atoms with Crippen molar-refractivity contribution in [2.45, 2.75) is 44.4 Å². The van der Waals surface area contributed by atoms with Gasteiger partial charge in [-0.25, -0.2) is 4.98 Å². The zero-order chi connectivity index (χ0) is 20.7. The first-order valence-electron chi connectivity index (χ1n) is 10.2. The topological polar surface area (TPSA) is 66.1 Å². The number of aromatic amines is 1. The molecule has 158 valence electrons. The molecule has 3 aromatic rings. The van der Waals surface area contributed by atoms with Crippen LogP contribution in [0.3, 0.4) is 0 Å². The lowest BCUT2D eigenvalue weighted by Crippen LogP contribution is -2.46. The minimum Gasteiger partial charge on any atom is -0.489 e. The van der Waals surface area contributed by atoms with Crippen LogP contribution >= 0.6 is 34.8 Å². The van der Waals surface area contributed by atoms with Crippen LogP contribution in [0.2, 0.25) is 15.2 Å². The number of aromatic nitrogens is 3. The van der Waals surface area contributed by atoms with Gasteiger partial charge in [0.1, 0.15) is 10.9 Å². The van der Waals surface area contributed by atoms with Crippen molar-refractivity contribution >= 4 is 51.9 Å². The van der Waals surface area contributed by atoms with Gasteiger partial charge in [-0.3, -0.25) is 0 Å². The van der Waals surface area contributed by atoms with Crippen LogP contribution < -0.4 is 15.0 Å². The van der Waals surface area contributed by atoms with Crippen LogP contribution in [0.5, 0.6) is 5.75 Å². The Morgan fingerprint density at radius 3 is 2.83 bits per heavy atom. The third-order valence-corrected chi connectivity index (χ3v) is 6.21. The van der Waals surface area contributed by atoms with E-state index in [0.717, 1.165) is 61.6 Å². The molecule has 3 heterocycles. The average Bonchev–Trinajstić information content (AvgIpc) is 3.45. The van der Waals surface area contributed by atoms with Gasteiger partial charge in [0.05, 0.1) is 16.6 Å². The summed E-state index contributed by atoms with van der Waals surface area (Å²) in [7, 11) is 0. The number of halogens is 3. The van der Waals surface area contributed by atoms with Gasteiger partial charge < -0.3 is 19.9 Å². The fraction of sp³-hybridized carbons (Fsp3) is 0.429. The fourth-order valence-electron chi connectivity index (χ4n) is 3.83. The zero-order valence-electron chi connectivity index (χ0n) is 16.3. The SMILES string of the molecule is Clc1cc(Cl)c(OC2CC2)c(CNC2CCCN(c3nc4nc(Cl)ccc4[nH]3)C2)c1. The first-order valence-corrected chi connectivity index (χ1v) is 11.3. The Hall–Kier alpha value is -1.73. The molecule has 2 aliphatic rings. The third kappa shape index (κ3) is 4.47. The summed E-state index contributed by atoms with van der Waals surface area (Å²) >= 11 is 18.6. The van der Waals surface area contributed by atoms with Gasteiger partial charge in [0, 0.05) is 36.3 Å². The molecule has 0 bridgehead atoms. The Kier molecular flexibility index (Phi) is 5.67. The van der Waals surface area contributed by atoms with E-state index in [1.165, 1.54) is 0 Å². The molecule has 0 spiro atoms. The van der Waals surface area contributed by atoms with Crippen LogP contribution in [0.25, 0.3) is 11.2 Å². The monoisotopic (exact) mass is 465 g/mol. The van der Waals surface area contributed by atoms with Crippen LogP contribution in [0, 0.1) is 0 Å². The van der Waals surface area contributed by atoms with E-state index in [1.807, 2.05) is 12.1 Å². The Morgan fingerprint density at radius 2 is 2.00 bits per heavy atom. The minimum absolute atomic E-state index is 0.280. The number of hydrogen-bond donors (Lipinski definition) is 2. The summed E-state index contributed by atoms with van der Waals surface area (Å²) in [5.41, 5.74) is 2.53. The van der Waals surface area contributed by atoms with E-state index in [0.29, 0.717) is 33.4 Å². The number of imidazole rings is 1. The summed E-state index contributed by atoms with van der Waals surface area (Å²) in [6.45, 7) is 2.45. The number of hydrogen-bond acceptors (Lipinski definition) is 5. The molecule has 1 unspecified atom stereocenters. The maximum Gasteiger partial charge on any atom is 0.205 e. The highest BCUT2D eigenvalue weighted by molar-refractivity contribution is 6.35. The van der Waals surface area contributed by atoms with Gasteiger partial charge in [-0.05, 0) is 49.9 Å². The molecule has 1 saturated heterocycles. The van der Waals surface area contributed by atoms with Crippen LogP contribution in [0.15, 0.2) is 24.3 Å². The molecule has 1 aliphatic heterocycles. The number of H-pyrrole nitrogens is 1. The van der Waals surface area contributed by atoms with Crippen molar-refractivity contribution in [3.63, 3.8) is 0 Å². The molecule has 1 saturated carbocycles. The normalized spacial score (nSPS) is 19.4. The van der Waals surface area contributed by atoms with E-state index in [-0.39, 0.29) is 6.10 Å². The van der Waals surface area contributed by atoms with Crippen LogP contribution in [-0.4, -0.2) is 40.2 Å². The van der Waals surface area contributed by atoms with Crippen molar-refractivity contribution in [1.29, 1.82) is 0 Å². The summed E-state index contributed by atoms with van der Waals surface area (Å²) in [6, 6.07) is 7.67. The summed E-state index contributed by atoms with van der Waals surface area (Å²) in [4.78, 5) is 14.5. The summed E-state index contributed by atoms with van der Waals surface area (Å²) < 4.78 is 6.04. The number of piperidine rings is 1. The maximum atomic E-state index is 6.41. The fourth-order valence-corrected chi connectivity index (χ4v) is 4.55. The van der Waals surface area contributed by atoms with Gasteiger partial charge >= 0.3 is 0 Å². The van der Waals surface area contributed by atoms with Gasteiger partial charge in [-0.1, -0.05) is 34.8 Å². The first-order chi connectivity index (χ1) is 14.5. The summed E-state index contributed by atoms with van der Waals surface area (Å²) in [5, 5.41) is 5.30. The van der Waals surface area contributed by atoms with E-state index in [4.69, 9.17) is 39.5 Å². The standard InChI is InChI=1S/C21H22Cl3N5O/c22-13-8-12(19(16(23)9-13)30-15-3-4-15)10-25-14-2-1-7-29(11-14)21-26-17-5-6-18(24)27-20(17)28-21/h5-6,8-9,14-15,25H,1-4,7,10-11H2,(H,26,27,28). The van der Waals surface area contributed by atoms with Gasteiger partial charge in [0.15, 0.2) is 5.65 Å².